The van der Waals surface area contributed by atoms with Crippen molar-refractivity contribution in [1.29, 1.82) is 0 Å². The molecule has 0 amide bonds. The number of hydrogen-bond donors (Lipinski definition) is 2. The average molecular weight is 149 g/mol. The Labute approximate surface area is 63.5 Å². The smallest absolute Gasteiger partial charge is 0.194 e. The van der Waals surface area contributed by atoms with Crippen LogP contribution < -0.4 is 10.8 Å². The van der Waals surface area contributed by atoms with E-state index in [9.17, 15) is 5.21 Å². The number of nitrogen functional groups attached to an aromatic ring is 1. The third kappa shape index (κ3) is 0.886. The fourth-order valence-corrected chi connectivity index (χ4v) is 1.06. The lowest BCUT2D eigenvalue weighted by Gasteiger charge is -2.10. The van der Waals surface area contributed by atoms with Gasteiger partial charge in [0, 0.05) is 11.8 Å². The second kappa shape index (κ2) is 2.05. The van der Waals surface area contributed by atoms with Gasteiger partial charge in [-0.2, -0.15) is 4.99 Å². The maximum atomic E-state index is 11.0. The van der Waals surface area contributed by atoms with E-state index in [1.54, 1.807) is 18.2 Å². The number of hydrogen-bond acceptors (Lipinski definition) is 3. The highest BCUT2D eigenvalue weighted by atomic mass is 16.5. The molecule has 1 aliphatic heterocycles. The van der Waals surface area contributed by atoms with Gasteiger partial charge in [0.15, 0.2) is 12.0 Å². The number of benzene rings is 1. The Morgan fingerprint density at radius 1 is 1.45 bits per heavy atom. The Bertz CT molecular complexity index is 321. The SMILES string of the molecule is Nc1ccc2c(c1)N=C[NH+]2[O-]. The van der Waals surface area contributed by atoms with Gasteiger partial charge in [-0.05, 0) is 12.1 Å². The first-order chi connectivity index (χ1) is 5.27. The van der Waals surface area contributed by atoms with E-state index in [-0.39, 0.29) is 5.06 Å². The van der Waals surface area contributed by atoms with Crippen molar-refractivity contribution < 1.29 is 5.06 Å². The third-order valence-corrected chi connectivity index (χ3v) is 1.61. The molecule has 1 atom stereocenters. The van der Waals surface area contributed by atoms with E-state index in [1.807, 2.05) is 0 Å². The van der Waals surface area contributed by atoms with Crippen molar-refractivity contribution >= 4 is 23.4 Å². The van der Waals surface area contributed by atoms with Crippen molar-refractivity contribution in [2.24, 2.45) is 4.99 Å². The molecule has 0 saturated heterocycles. The first-order valence-corrected chi connectivity index (χ1v) is 3.25. The number of aliphatic imine (C=N–C) groups is 1. The summed E-state index contributed by atoms with van der Waals surface area (Å²) in [7, 11) is 0. The predicted molar refractivity (Wildman–Crippen MR) is 43.0 cm³/mol. The van der Waals surface area contributed by atoms with Gasteiger partial charge in [0.2, 0.25) is 0 Å². The van der Waals surface area contributed by atoms with Crippen LogP contribution in [0.1, 0.15) is 0 Å². The van der Waals surface area contributed by atoms with Gasteiger partial charge in [-0.25, -0.2) is 0 Å². The fourth-order valence-electron chi connectivity index (χ4n) is 1.06. The molecule has 4 heteroatoms. The second-order valence-electron chi connectivity index (χ2n) is 2.40. The minimum absolute atomic E-state index is 0.0417. The lowest BCUT2D eigenvalue weighted by Crippen LogP contribution is -2.99. The fraction of sp³-hybridized carbons (Fsp3) is 0. The summed E-state index contributed by atoms with van der Waals surface area (Å²) in [5, 5.41) is 10.9. The Kier molecular flexibility index (Phi) is 1.18. The predicted octanol–water partition coefficient (Wildman–Crippen LogP) is -0.0436. The van der Waals surface area contributed by atoms with Gasteiger partial charge in [0.25, 0.3) is 0 Å². The van der Waals surface area contributed by atoms with E-state index in [2.05, 4.69) is 4.99 Å². The zero-order valence-electron chi connectivity index (χ0n) is 5.74. The largest absolute Gasteiger partial charge is 0.623 e. The molecule has 2 rings (SSSR count). The molecule has 1 heterocycles. The molecule has 1 aliphatic rings. The molecule has 1 aromatic rings. The zero-order valence-corrected chi connectivity index (χ0v) is 5.74. The highest BCUT2D eigenvalue weighted by molar-refractivity contribution is 5.74. The lowest BCUT2D eigenvalue weighted by molar-refractivity contribution is -0.655. The molecule has 0 aromatic heterocycles. The summed E-state index contributed by atoms with van der Waals surface area (Å²) < 4.78 is 0. The zero-order chi connectivity index (χ0) is 7.84. The van der Waals surface area contributed by atoms with E-state index in [1.165, 1.54) is 6.34 Å². The molecule has 0 fully saturated rings. The van der Waals surface area contributed by atoms with Crippen LogP contribution >= 0.6 is 0 Å². The van der Waals surface area contributed by atoms with Crippen LogP contribution in [0.15, 0.2) is 23.2 Å². The summed E-state index contributed by atoms with van der Waals surface area (Å²) in [6.07, 6.45) is 1.31. The van der Waals surface area contributed by atoms with Crippen molar-refractivity contribution in [3.8, 4) is 0 Å². The van der Waals surface area contributed by atoms with Crippen LogP contribution in [-0.4, -0.2) is 6.34 Å². The summed E-state index contributed by atoms with van der Waals surface area (Å²) in [6.45, 7) is 0. The number of quaternary nitrogens is 1. The van der Waals surface area contributed by atoms with Gasteiger partial charge < -0.3 is 10.9 Å². The number of rotatable bonds is 0. The molecule has 4 nitrogen and oxygen atoms in total. The highest BCUT2D eigenvalue weighted by Crippen LogP contribution is 2.25. The molecule has 0 bridgehead atoms. The molecule has 0 spiro atoms. The quantitative estimate of drug-likeness (QED) is 0.401. The average Bonchev–Trinajstić information content (AvgIpc) is 2.32. The normalized spacial score (nSPS) is 20.3. The topological polar surface area (TPSA) is 65.9 Å². The number of fused-ring (bicyclic) bond motifs is 1. The van der Waals surface area contributed by atoms with Crippen molar-refractivity contribution in [1.82, 2.24) is 0 Å². The van der Waals surface area contributed by atoms with Crippen molar-refractivity contribution in [3.63, 3.8) is 0 Å². The number of anilines is 1. The number of nitrogens with one attached hydrogen (secondary N) is 1. The third-order valence-electron chi connectivity index (χ3n) is 1.61. The van der Waals surface area contributed by atoms with Crippen LogP contribution in [-0.2, 0) is 0 Å². The van der Waals surface area contributed by atoms with E-state index in [0.29, 0.717) is 17.1 Å². The van der Waals surface area contributed by atoms with E-state index >= 15 is 0 Å². The van der Waals surface area contributed by atoms with Gasteiger partial charge in [-0.1, -0.05) is 0 Å². The van der Waals surface area contributed by atoms with Crippen molar-refractivity contribution in [2.45, 2.75) is 0 Å². The van der Waals surface area contributed by atoms with Crippen LogP contribution in [0.25, 0.3) is 0 Å². The summed E-state index contributed by atoms with van der Waals surface area (Å²) in [6, 6.07) is 5.09. The number of nitrogens with two attached hydrogens (primary N) is 1. The monoisotopic (exact) mass is 149 g/mol. The number of nitrogens with zero attached hydrogens (tertiary/aromatic N) is 1. The van der Waals surface area contributed by atoms with Crippen LogP contribution in [0, 0.1) is 5.21 Å². The molecule has 0 radical (unpaired) electrons. The highest BCUT2D eigenvalue weighted by Gasteiger charge is 2.13. The maximum absolute atomic E-state index is 11.0. The molecule has 0 aliphatic carbocycles. The maximum Gasteiger partial charge on any atom is 0.194 e. The van der Waals surface area contributed by atoms with E-state index in [4.69, 9.17) is 5.73 Å². The van der Waals surface area contributed by atoms with Crippen LogP contribution in [0.4, 0.5) is 17.1 Å². The number of hydroxylamine groups is 1. The van der Waals surface area contributed by atoms with Gasteiger partial charge in [0.1, 0.15) is 5.69 Å². The molecular weight excluding hydrogens is 142 g/mol. The van der Waals surface area contributed by atoms with E-state index in [0.717, 1.165) is 0 Å². The Hall–Kier alpha value is -1.39. The minimum Gasteiger partial charge on any atom is -0.623 e. The molecule has 56 valence electrons. The van der Waals surface area contributed by atoms with Crippen molar-refractivity contribution in [2.75, 3.05) is 5.73 Å². The van der Waals surface area contributed by atoms with Gasteiger partial charge in [-0.3, -0.25) is 5.06 Å². The van der Waals surface area contributed by atoms with Crippen molar-refractivity contribution in [3.05, 3.63) is 23.4 Å². The molecule has 11 heavy (non-hydrogen) atoms. The molecule has 1 aromatic carbocycles. The second-order valence-corrected chi connectivity index (χ2v) is 2.40. The Morgan fingerprint density at radius 2 is 2.27 bits per heavy atom. The Balaban J connectivity index is 2.58. The first-order valence-electron chi connectivity index (χ1n) is 3.25. The molecule has 3 N–H and O–H groups in total. The Morgan fingerprint density at radius 3 is 3.09 bits per heavy atom. The van der Waals surface area contributed by atoms with Gasteiger partial charge in [-0.15, -0.1) is 0 Å². The summed E-state index contributed by atoms with van der Waals surface area (Å²) in [4.78, 5) is 3.89. The summed E-state index contributed by atoms with van der Waals surface area (Å²) in [5.74, 6) is 0. The summed E-state index contributed by atoms with van der Waals surface area (Å²) >= 11 is 0. The van der Waals surface area contributed by atoms with Gasteiger partial charge >= 0.3 is 0 Å². The van der Waals surface area contributed by atoms with Crippen LogP contribution in [0.2, 0.25) is 0 Å². The molecule has 0 saturated carbocycles. The molecule has 1 unspecified atom stereocenters. The molecular formula is C7H7N3O. The first kappa shape index (κ1) is 6.33. The van der Waals surface area contributed by atoms with Gasteiger partial charge in [0.05, 0.1) is 0 Å². The summed E-state index contributed by atoms with van der Waals surface area (Å²) in [5.41, 5.74) is 7.44. The minimum atomic E-state index is -0.0417. The van der Waals surface area contributed by atoms with Crippen LogP contribution in [0.3, 0.4) is 0 Å². The van der Waals surface area contributed by atoms with E-state index < -0.39 is 0 Å². The standard InChI is InChI=1S/C7H7N3O/c8-5-1-2-7-6(3-5)9-4-10(7)11/h1-4,10H,8H2. The lowest BCUT2D eigenvalue weighted by atomic mass is 10.2. The van der Waals surface area contributed by atoms with Crippen LogP contribution in [0.5, 0.6) is 0 Å².